The number of carbonyl (C=O) groups excluding carboxylic acids is 1. The van der Waals surface area contributed by atoms with Crippen LogP contribution in [0.4, 0.5) is 0 Å². The maximum Gasteiger partial charge on any atom is 0.233 e. The lowest BCUT2D eigenvalue weighted by Gasteiger charge is -2.10. The van der Waals surface area contributed by atoms with Gasteiger partial charge in [-0.2, -0.15) is 0 Å². The number of aromatic nitrogens is 2. The molecular weight excluding hydrogens is 254 g/mol. The minimum Gasteiger partial charge on any atom is -0.355 e. The Morgan fingerprint density at radius 1 is 1.59 bits per heavy atom. The van der Waals surface area contributed by atoms with Crippen LogP contribution < -0.4 is 5.32 Å². The van der Waals surface area contributed by atoms with Crippen molar-refractivity contribution >= 4 is 39.2 Å². The zero-order valence-corrected chi connectivity index (χ0v) is 11.3. The Balaban J connectivity index is 2.18. The maximum absolute atomic E-state index is 11.6. The molecule has 17 heavy (non-hydrogen) atoms. The fourth-order valence-corrected chi connectivity index (χ4v) is 3.12. The molecule has 0 spiro atoms. The highest BCUT2D eigenvalue weighted by molar-refractivity contribution is 8.00. The van der Waals surface area contributed by atoms with Gasteiger partial charge in [0.15, 0.2) is 0 Å². The first-order valence-electron chi connectivity index (χ1n) is 5.35. The van der Waals surface area contributed by atoms with Crippen LogP contribution in [-0.2, 0) is 4.79 Å². The van der Waals surface area contributed by atoms with Crippen molar-refractivity contribution in [3.05, 3.63) is 17.8 Å². The topological polar surface area (TPSA) is 54.9 Å². The molecule has 2 heterocycles. The Morgan fingerprint density at radius 3 is 3.18 bits per heavy atom. The van der Waals surface area contributed by atoms with Crippen LogP contribution >= 0.6 is 23.1 Å². The number of hydrogen-bond acceptors (Lipinski definition) is 5. The predicted molar refractivity (Wildman–Crippen MR) is 71.4 cm³/mol. The fraction of sp³-hybridized carbons (Fsp3) is 0.364. The van der Waals surface area contributed by atoms with Crippen molar-refractivity contribution in [3.8, 4) is 0 Å². The highest BCUT2D eigenvalue weighted by Crippen LogP contribution is 2.30. The number of rotatable bonds is 4. The summed E-state index contributed by atoms with van der Waals surface area (Å²) in [5.41, 5.74) is 0. The molecule has 0 aromatic carbocycles. The number of nitrogens with zero attached hydrogens (tertiary/aromatic N) is 2. The first-order valence-corrected chi connectivity index (χ1v) is 7.11. The van der Waals surface area contributed by atoms with Crippen molar-refractivity contribution in [2.24, 2.45) is 0 Å². The number of carbonyl (C=O) groups is 1. The van der Waals surface area contributed by atoms with Crippen LogP contribution in [0, 0.1) is 0 Å². The van der Waals surface area contributed by atoms with Gasteiger partial charge in [0.1, 0.15) is 16.2 Å². The van der Waals surface area contributed by atoms with E-state index in [1.54, 1.807) is 17.7 Å². The molecule has 0 saturated heterocycles. The van der Waals surface area contributed by atoms with Gasteiger partial charge in [-0.15, -0.1) is 11.3 Å². The normalized spacial score (nSPS) is 12.6. The number of thiophene rings is 1. The van der Waals surface area contributed by atoms with Crippen LogP contribution in [0.5, 0.6) is 0 Å². The molecule has 0 saturated carbocycles. The molecule has 1 atom stereocenters. The summed E-state index contributed by atoms with van der Waals surface area (Å²) in [7, 11) is 0. The lowest BCUT2D eigenvalue weighted by molar-refractivity contribution is -0.120. The van der Waals surface area contributed by atoms with E-state index in [2.05, 4.69) is 15.3 Å². The van der Waals surface area contributed by atoms with Crippen LogP contribution in [0.1, 0.15) is 13.8 Å². The zero-order valence-electron chi connectivity index (χ0n) is 9.64. The Kier molecular flexibility index (Phi) is 3.96. The molecule has 4 nitrogen and oxygen atoms in total. The number of thioether (sulfide) groups is 1. The van der Waals surface area contributed by atoms with E-state index in [0.29, 0.717) is 6.54 Å². The average molecular weight is 267 g/mol. The van der Waals surface area contributed by atoms with Crippen molar-refractivity contribution in [2.45, 2.75) is 24.1 Å². The van der Waals surface area contributed by atoms with Crippen molar-refractivity contribution in [1.29, 1.82) is 0 Å². The molecule has 1 unspecified atom stereocenters. The molecule has 1 amide bonds. The molecule has 0 aliphatic heterocycles. The lowest BCUT2D eigenvalue weighted by atomic mass is 10.4. The Bertz CT molecular complexity index is 526. The van der Waals surface area contributed by atoms with Crippen LogP contribution in [0.15, 0.2) is 22.8 Å². The van der Waals surface area contributed by atoms with Gasteiger partial charge in [-0.3, -0.25) is 4.79 Å². The third kappa shape index (κ3) is 2.76. The molecule has 0 bridgehead atoms. The van der Waals surface area contributed by atoms with E-state index in [9.17, 15) is 4.79 Å². The zero-order chi connectivity index (χ0) is 12.3. The summed E-state index contributed by atoms with van der Waals surface area (Å²) in [5, 5.41) is 6.54. The summed E-state index contributed by atoms with van der Waals surface area (Å²) in [4.78, 5) is 21.0. The van der Waals surface area contributed by atoms with E-state index < -0.39 is 0 Å². The van der Waals surface area contributed by atoms with Gasteiger partial charge < -0.3 is 5.32 Å². The van der Waals surface area contributed by atoms with Gasteiger partial charge in [-0.25, -0.2) is 9.97 Å². The molecule has 0 aliphatic carbocycles. The predicted octanol–water partition coefficient (Wildman–Crippen LogP) is 2.31. The van der Waals surface area contributed by atoms with Gasteiger partial charge in [0, 0.05) is 11.9 Å². The summed E-state index contributed by atoms with van der Waals surface area (Å²) >= 11 is 3.05. The van der Waals surface area contributed by atoms with Crippen molar-refractivity contribution in [2.75, 3.05) is 6.54 Å². The Hall–Kier alpha value is -1.14. The molecule has 2 rings (SSSR count). The monoisotopic (exact) mass is 267 g/mol. The van der Waals surface area contributed by atoms with Crippen LogP contribution in [-0.4, -0.2) is 27.7 Å². The highest BCUT2D eigenvalue weighted by atomic mass is 32.2. The first-order chi connectivity index (χ1) is 8.22. The highest BCUT2D eigenvalue weighted by Gasteiger charge is 2.16. The molecule has 6 heteroatoms. The molecule has 0 radical (unpaired) electrons. The quantitative estimate of drug-likeness (QED) is 0.682. The fourth-order valence-electron chi connectivity index (χ4n) is 1.40. The molecule has 0 aliphatic rings. The molecule has 1 N–H and O–H groups in total. The number of hydrogen-bond donors (Lipinski definition) is 1. The van der Waals surface area contributed by atoms with E-state index in [4.69, 9.17) is 0 Å². The number of nitrogens with one attached hydrogen (secondary N) is 1. The van der Waals surface area contributed by atoms with Gasteiger partial charge in [0.2, 0.25) is 5.91 Å². The average Bonchev–Trinajstić information content (AvgIpc) is 2.78. The summed E-state index contributed by atoms with van der Waals surface area (Å²) < 4.78 is 0. The number of amides is 1. The SMILES string of the molecule is CCNC(=O)C(C)Sc1ncnc2sccc12. The Morgan fingerprint density at radius 2 is 2.41 bits per heavy atom. The standard InChI is InChI=1S/C11H13N3OS2/c1-3-12-9(15)7(2)17-11-8-4-5-16-10(8)13-6-14-11/h4-7H,3H2,1-2H3,(H,12,15). The van der Waals surface area contributed by atoms with Crippen LogP contribution in [0.25, 0.3) is 10.2 Å². The van der Waals surface area contributed by atoms with E-state index >= 15 is 0 Å². The van der Waals surface area contributed by atoms with E-state index in [0.717, 1.165) is 15.2 Å². The second-order valence-electron chi connectivity index (χ2n) is 3.47. The summed E-state index contributed by atoms with van der Waals surface area (Å²) in [5.74, 6) is 0.0412. The minimum absolute atomic E-state index is 0.0412. The second-order valence-corrected chi connectivity index (χ2v) is 5.70. The van der Waals surface area contributed by atoms with Crippen molar-refractivity contribution in [1.82, 2.24) is 15.3 Å². The van der Waals surface area contributed by atoms with Gasteiger partial charge in [-0.05, 0) is 25.3 Å². The van der Waals surface area contributed by atoms with Gasteiger partial charge in [-0.1, -0.05) is 11.8 Å². The molecule has 90 valence electrons. The largest absolute Gasteiger partial charge is 0.355 e. The van der Waals surface area contributed by atoms with E-state index in [1.807, 2.05) is 25.3 Å². The third-order valence-electron chi connectivity index (χ3n) is 2.23. The van der Waals surface area contributed by atoms with Gasteiger partial charge >= 0.3 is 0 Å². The minimum atomic E-state index is -0.145. The smallest absolute Gasteiger partial charge is 0.233 e. The molecule has 2 aromatic heterocycles. The van der Waals surface area contributed by atoms with Crippen LogP contribution in [0.3, 0.4) is 0 Å². The Labute approximate surface area is 108 Å². The van der Waals surface area contributed by atoms with Crippen molar-refractivity contribution < 1.29 is 4.79 Å². The summed E-state index contributed by atoms with van der Waals surface area (Å²) in [6.07, 6.45) is 1.55. The second kappa shape index (κ2) is 5.46. The number of fused-ring (bicyclic) bond motifs is 1. The lowest BCUT2D eigenvalue weighted by Crippen LogP contribution is -2.30. The van der Waals surface area contributed by atoms with Crippen LogP contribution in [0.2, 0.25) is 0 Å². The van der Waals surface area contributed by atoms with Crippen molar-refractivity contribution in [3.63, 3.8) is 0 Å². The third-order valence-corrected chi connectivity index (χ3v) is 4.17. The van der Waals surface area contributed by atoms with Gasteiger partial charge in [0.05, 0.1) is 5.25 Å². The van der Waals surface area contributed by atoms with Gasteiger partial charge in [0.25, 0.3) is 0 Å². The molecular formula is C11H13N3OS2. The summed E-state index contributed by atoms with van der Waals surface area (Å²) in [6.45, 7) is 4.45. The van der Waals surface area contributed by atoms with E-state index in [-0.39, 0.29) is 11.2 Å². The van der Waals surface area contributed by atoms with E-state index in [1.165, 1.54) is 11.8 Å². The molecule has 2 aromatic rings. The summed E-state index contributed by atoms with van der Waals surface area (Å²) in [6, 6.07) is 1.99. The first kappa shape index (κ1) is 12.3. The maximum atomic E-state index is 11.6. The molecule has 0 fully saturated rings.